The molecular formula is C25H31NO3. The van der Waals surface area contributed by atoms with Gasteiger partial charge in [-0.15, -0.1) is 0 Å². The Labute approximate surface area is 173 Å². The van der Waals surface area contributed by atoms with Gasteiger partial charge in [-0.2, -0.15) is 0 Å². The summed E-state index contributed by atoms with van der Waals surface area (Å²) in [6, 6.07) is 21.2. The van der Waals surface area contributed by atoms with Crippen molar-refractivity contribution in [2.75, 3.05) is 13.1 Å². The molecule has 3 atom stereocenters. The van der Waals surface area contributed by atoms with E-state index in [1.54, 1.807) is 4.90 Å². The highest BCUT2D eigenvalue weighted by molar-refractivity contribution is 5.69. The van der Waals surface area contributed by atoms with Gasteiger partial charge in [-0.1, -0.05) is 60.7 Å². The predicted molar refractivity (Wildman–Crippen MR) is 114 cm³/mol. The van der Waals surface area contributed by atoms with Crippen LogP contribution in [0.3, 0.4) is 0 Å². The molecule has 154 valence electrons. The fourth-order valence-corrected chi connectivity index (χ4v) is 5.35. The molecular weight excluding hydrogens is 362 g/mol. The van der Waals surface area contributed by atoms with Crippen LogP contribution >= 0.6 is 0 Å². The van der Waals surface area contributed by atoms with E-state index in [-0.39, 0.29) is 23.3 Å². The fraction of sp³-hybridized carbons (Fsp3) is 0.480. The third-order valence-electron chi connectivity index (χ3n) is 6.56. The number of aliphatic hydroxyl groups excluding tert-OH is 1. The maximum atomic E-state index is 12.8. The Hall–Kier alpha value is -2.33. The van der Waals surface area contributed by atoms with Gasteiger partial charge in [-0.25, -0.2) is 4.79 Å². The summed E-state index contributed by atoms with van der Waals surface area (Å²) in [7, 11) is 0. The Kier molecular flexibility index (Phi) is 5.16. The summed E-state index contributed by atoms with van der Waals surface area (Å²) in [6.45, 7) is 6.81. The number of nitrogens with zero attached hydrogens (tertiary/aromatic N) is 1. The molecule has 2 fully saturated rings. The average Bonchev–Trinajstić information content (AvgIpc) is 3.16. The number of likely N-dealkylation sites (tertiary alicyclic amines) is 1. The minimum absolute atomic E-state index is 0.0386. The molecule has 1 unspecified atom stereocenters. The van der Waals surface area contributed by atoms with E-state index in [9.17, 15) is 9.90 Å². The molecule has 4 nitrogen and oxygen atoms in total. The first kappa shape index (κ1) is 20.0. The maximum absolute atomic E-state index is 12.8. The lowest BCUT2D eigenvalue weighted by molar-refractivity contribution is 0.0212. The van der Waals surface area contributed by atoms with Crippen LogP contribution in [0.1, 0.15) is 44.7 Å². The average molecular weight is 394 g/mol. The van der Waals surface area contributed by atoms with Gasteiger partial charge in [0.05, 0.1) is 6.10 Å². The molecule has 1 saturated carbocycles. The molecule has 1 heterocycles. The first-order valence-corrected chi connectivity index (χ1v) is 10.6. The molecule has 2 aromatic rings. The topological polar surface area (TPSA) is 49.8 Å². The van der Waals surface area contributed by atoms with Crippen molar-refractivity contribution >= 4 is 6.09 Å². The SMILES string of the molecule is CC(C)(C)OC(=O)N1CC2[C@H](O)CCC(c3ccccc3)(c3ccccc3)[C@@H]2C1. The van der Waals surface area contributed by atoms with E-state index < -0.39 is 11.7 Å². The number of carbonyl (C=O) groups excluding carboxylic acids is 1. The van der Waals surface area contributed by atoms with Crippen LogP contribution in [0, 0.1) is 11.8 Å². The molecule has 29 heavy (non-hydrogen) atoms. The quantitative estimate of drug-likeness (QED) is 0.811. The molecule has 1 saturated heterocycles. The monoisotopic (exact) mass is 393 g/mol. The lowest BCUT2D eigenvalue weighted by atomic mass is 9.56. The summed E-state index contributed by atoms with van der Waals surface area (Å²) in [5, 5.41) is 10.9. The van der Waals surface area contributed by atoms with E-state index in [2.05, 4.69) is 48.5 Å². The third-order valence-corrected chi connectivity index (χ3v) is 6.56. The molecule has 2 aliphatic rings. The smallest absolute Gasteiger partial charge is 0.410 e. The van der Waals surface area contributed by atoms with Crippen molar-refractivity contribution in [3.8, 4) is 0 Å². The summed E-state index contributed by atoms with van der Waals surface area (Å²) >= 11 is 0. The Balaban J connectivity index is 1.76. The Morgan fingerprint density at radius 3 is 2.07 bits per heavy atom. The number of carbonyl (C=O) groups is 1. The van der Waals surface area contributed by atoms with Crippen LogP contribution < -0.4 is 0 Å². The van der Waals surface area contributed by atoms with Gasteiger partial charge in [0.15, 0.2) is 0 Å². The molecule has 0 radical (unpaired) electrons. The predicted octanol–water partition coefficient (Wildman–Crippen LogP) is 4.61. The van der Waals surface area contributed by atoms with Gasteiger partial charge in [0, 0.05) is 24.4 Å². The summed E-state index contributed by atoms with van der Waals surface area (Å²) in [5.41, 5.74) is 1.78. The zero-order valence-electron chi connectivity index (χ0n) is 17.5. The van der Waals surface area contributed by atoms with Gasteiger partial charge >= 0.3 is 6.09 Å². The van der Waals surface area contributed by atoms with E-state index >= 15 is 0 Å². The minimum atomic E-state index is -0.528. The Morgan fingerprint density at radius 1 is 1.00 bits per heavy atom. The highest BCUT2D eigenvalue weighted by atomic mass is 16.6. The van der Waals surface area contributed by atoms with Gasteiger partial charge in [0.2, 0.25) is 0 Å². The summed E-state index contributed by atoms with van der Waals surface area (Å²) in [4.78, 5) is 14.6. The number of hydrogen-bond donors (Lipinski definition) is 1. The Bertz CT molecular complexity index is 804. The summed E-state index contributed by atoms with van der Waals surface area (Å²) in [6.07, 6.45) is 0.917. The van der Waals surface area contributed by atoms with Gasteiger partial charge in [0.25, 0.3) is 0 Å². The molecule has 0 aromatic heterocycles. The van der Waals surface area contributed by atoms with E-state index in [0.717, 1.165) is 12.8 Å². The van der Waals surface area contributed by atoms with Crippen molar-refractivity contribution < 1.29 is 14.6 Å². The molecule has 0 spiro atoms. The number of benzene rings is 2. The second kappa shape index (κ2) is 7.49. The van der Waals surface area contributed by atoms with Gasteiger partial charge in [0.1, 0.15) is 5.60 Å². The van der Waals surface area contributed by atoms with Crippen LogP contribution in [0.2, 0.25) is 0 Å². The summed E-state index contributed by atoms with van der Waals surface area (Å²) < 4.78 is 5.65. The van der Waals surface area contributed by atoms with E-state index in [0.29, 0.717) is 13.1 Å². The normalized spacial score (nSPS) is 26.1. The molecule has 1 aliphatic carbocycles. The van der Waals surface area contributed by atoms with Crippen molar-refractivity contribution in [3.05, 3.63) is 71.8 Å². The number of fused-ring (bicyclic) bond motifs is 1. The standard InChI is InChI=1S/C25H31NO3/c1-24(2,3)29-23(28)26-16-20-21(17-26)25(15-14-22(20)27,18-10-6-4-7-11-18)19-12-8-5-9-13-19/h4-13,20-22,27H,14-17H2,1-3H3/t20?,21-,22-/m1/s1. The van der Waals surface area contributed by atoms with Crippen LogP contribution in [0.15, 0.2) is 60.7 Å². The highest BCUT2D eigenvalue weighted by Gasteiger charge is 2.55. The fourth-order valence-electron chi connectivity index (χ4n) is 5.35. The maximum Gasteiger partial charge on any atom is 0.410 e. The molecule has 1 amide bonds. The highest BCUT2D eigenvalue weighted by Crippen LogP contribution is 2.53. The molecule has 0 bridgehead atoms. The van der Waals surface area contributed by atoms with Crippen molar-refractivity contribution in [1.82, 2.24) is 4.90 Å². The number of amides is 1. The number of rotatable bonds is 2. The lowest BCUT2D eigenvalue weighted by Crippen LogP contribution is -2.48. The summed E-state index contributed by atoms with van der Waals surface area (Å²) in [5.74, 6) is 0.181. The number of ether oxygens (including phenoxy) is 1. The zero-order chi connectivity index (χ0) is 20.6. The van der Waals surface area contributed by atoms with E-state index in [1.165, 1.54) is 11.1 Å². The second-order valence-corrected chi connectivity index (χ2v) is 9.47. The molecule has 4 heteroatoms. The minimum Gasteiger partial charge on any atom is -0.444 e. The Morgan fingerprint density at radius 2 is 1.55 bits per heavy atom. The van der Waals surface area contributed by atoms with Crippen molar-refractivity contribution in [1.29, 1.82) is 0 Å². The van der Waals surface area contributed by atoms with Crippen LogP contribution in [0.4, 0.5) is 4.79 Å². The van der Waals surface area contributed by atoms with Crippen molar-refractivity contribution in [2.24, 2.45) is 11.8 Å². The van der Waals surface area contributed by atoms with E-state index in [4.69, 9.17) is 4.74 Å². The molecule has 4 rings (SSSR count). The van der Waals surface area contributed by atoms with Crippen LogP contribution in [0.5, 0.6) is 0 Å². The van der Waals surface area contributed by atoms with Gasteiger partial charge in [-0.05, 0) is 50.7 Å². The first-order chi connectivity index (χ1) is 13.8. The molecule has 1 aliphatic heterocycles. The van der Waals surface area contributed by atoms with Crippen LogP contribution in [0.25, 0.3) is 0 Å². The van der Waals surface area contributed by atoms with Crippen LogP contribution in [-0.4, -0.2) is 40.9 Å². The molecule has 1 N–H and O–H groups in total. The van der Waals surface area contributed by atoms with Gasteiger partial charge < -0.3 is 14.7 Å². The van der Waals surface area contributed by atoms with Crippen molar-refractivity contribution in [3.63, 3.8) is 0 Å². The van der Waals surface area contributed by atoms with Crippen molar-refractivity contribution in [2.45, 2.75) is 50.7 Å². The second-order valence-electron chi connectivity index (χ2n) is 9.47. The van der Waals surface area contributed by atoms with Gasteiger partial charge in [-0.3, -0.25) is 0 Å². The third kappa shape index (κ3) is 3.66. The first-order valence-electron chi connectivity index (χ1n) is 10.6. The van der Waals surface area contributed by atoms with E-state index in [1.807, 2.05) is 32.9 Å². The lowest BCUT2D eigenvalue weighted by Gasteiger charge is -2.48. The number of hydrogen-bond acceptors (Lipinski definition) is 3. The zero-order valence-corrected chi connectivity index (χ0v) is 17.5. The molecule has 2 aromatic carbocycles. The largest absolute Gasteiger partial charge is 0.444 e. The number of aliphatic hydroxyl groups is 1. The van der Waals surface area contributed by atoms with Crippen LogP contribution in [-0.2, 0) is 10.2 Å².